The van der Waals surface area contributed by atoms with Gasteiger partial charge in [-0.15, -0.1) is 11.1 Å². The van der Waals surface area contributed by atoms with Crippen LogP contribution >= 0.6 is 11.8 Å². The molecular formula is C22H42SSi2. The monoisotopic (exact) mass is 394 g/mol. The van der Waals surface area contributed by atoms with Gasteiger partial charge in [-0.05, 0) is 43.8 Å². The highest BCUT2D eigenvalue weighted by molar-refractivity contribution is 8.08. The molecule has 0 aliphatic heterocycles. The highest BCUT2D eigenvalue weighted by Crippen LogP contribution is 2.42. The fraction of sp³-hybridized carbons (Fsp3) is 0.818. The molecular weight excluding hydrogens is 352 g/mol. The maximum absolute atomic E-state index is 3.77. The molecule has 0 radical (unpaired) electrons. The molecule has 0 bridgehead atoms. The smallest absolute Gasteiger partial charge is 0.118 e. The van der Waals surface area contributed by atoms with Crippen LogP contribution in [0.25, 0.3) is 0 Å². The van der Waals surface area contributed by atoms with Gasteiger partial charge in [-0.1, -0.05) is 83.1 Å². The predicted molar refractivity (Wildman–Crippen MR) is 125 cm³/mol. The van der Waals surface area contributed by atoms with E-state index in [1.54, 1.807) is 11.8 Å². The molecule has 0 rings (SSSR count). The lowest BCUT2D eigenvalue weighted by atomic mass is 10.5. The van der Waals surface area contributed by atoms with E-state index in [0.717, 1.165) is 0 Å². The SMILES string of the molecule is CC(C)[Si](C#CSC#C[Si](C(C)C)(C(C)C)C(C)C)(C(C)C)C(C)C. The van der Waals surface area contributed by atoms with E-state index in [2.05, 4.69) is 105 Å². The van der Waals surface area contributed by atoms with Crippen LogP contribution in [0.4, 0.5) is 0 Å². The topological polar surface area (TPSA) is 0 Å². The largest absolute Gasteiger partial charge is 0.147 e. The predicted octanol–water partition coefficient (Wildman–Crippen LogP) is 8.08. The maximum Gasteiger partial charge on any atom is 0.147 e. The Morgan fingerprint density at radius 3 is 0.800 bits per heavy atom. The molecule has 0 amide bonds. The molecule has 0 nitrogen and oxygen atoms in total. The summed E-state index contributed by atoms with van der Waals surface area (Å²) < 4.78 is 0. The first-order valence-corrected chi connectivity index (χ1v) is 15.3. The van der Waals surface area contributed by atoms with Gasteiger partial charge in [0, 0.05) is 11.8 Å². The molecule has 0 saturated carbocycles. The number of hydrogen-bond donors (Lipinski definition) is 0. The van der Waals surface area contributed by atoms with Crippen molar-refractivity contribution in [1.82, 2.24) is 0 Å². The van der Waals surface area contributed by atoms with Crippen LogP contribution in [0.15, 0.2) is 0 Å². The van der Waals surface area contributed by atoms with Crippen LogP contribution in [-0.2, 0) is 0 Å². The Bertz CT molecular complexity index is 430. The van der Waals surface area contributed by atoms with Gasteiger partial charge in [-0.2, -0.15) is 0 Å². The third-order valence-corrected chi connectivity index (χ3v) is 19.7. The molecule has 0 heterocycles. The lowest BCUT2D eigenvalue weighted by molar-refractivity contribution is 0.838. The average molecular weight is 395 g/mol. The molecule has 0 aliphatic carbocycles. The minimum atomic E-state index is -1.63. The zero-order valence-corrected chi connectivity index (χ0v) is 21.7. The van der Waals surface area contributed by atoms with Crippen molar-refractivity contribution in [3.05, 3.63) is 0 Å². The zero-order valence-electron chi connectivity index (χ0n) is 18.9. The Labute approximate surface area is 165 Å². The molecule has 0 aromatic rings. The van der Waals surface area contributed by atoms with Crippen molar-refractivity contribution in [3.63, 3.8) is 0 Å². The Morgan fingerprint density at radius 1 is 0.440 bits per heavy atom. The summed E-state index contributed by atoms with van der Waals surface area (Å²) in [5.41, 5.74) is 11.6. The molecule has 0 aromatic heterocycles. The second-order valence-electron chi connectivity index (χ2n) is 9.35. The summed E-state index contributed by atoms with van der Waals surface area (Å²) in [7, 11) is -3.25. The molecule has 0 aliphatic rings. The Kier molecular flexibility index (Phi) is 10.3. The van der Waals surface area contributed by atoms with E-state index in [1.165, 1.54) is 0 Å². The lowest BCUT2D eigenvalue weighted by Gasteiger charge is -2.38. The summed E-state index contributed by atoms with van der Waals surface area (Å²) in [5, 5.41) is 6.87. The van der Waals surface area contributed by atoms with Crippen molar-refractivity contribution in [2.45, 2.75) is 116 Å². The quantitative estimate of drug-likeness (QED) is 0.324. The molecule has 0 fully saturated rings. The van der Waals surface area contributed by atoms with Gasteiger partial charge in [-0.3, -0.25) is 0 Å². The highest BCUT2D eigenvalue weighted by atomic mass is 32.2. The van der Waals surface area contributed by atoms with Gasteiger partial charge in [0.1, 0.15) is 16.1 Å². The summed E-state index contributed by atoms with van der Waals surface area (Å²) in [4.78, 5) is 0. The van der Waals surface area contributed by atoms with Gasteiger partial charge in [0.2, 0.25) is 0 Å². The molecule has 0 atom stereocenters. The minimum Gasteiger partial charge on any atom is -0.118 e. The minimum absolute atomic E-state index is 0.684. The van der Waals surface area contributed by atoms with Crippen LogP contribution in [0.5, 0.6) is 0 Å². The summed E-state index contributed by atoms with van der Waals surface area (Å²) >= 11 is 1.56. The Balaban J connectivity index is 5.64. The number of thioether (sulfide) groups is 1. The first-order valence-electron chi connectivity index (χ1n) is 10.1. The van der Waals surface area contributed by atoms with Gasteiger partial charge in [0.15, 0.2) is 0 Å². The first kappa shape index (κ1) is 24.9. The fourth-order valence-corrected chi connectivity index (χ4v) is 16.7. The van der Waals surface area contributed by atoms with Gasteiger partial charge >= 0.3 is 0 Å². The normalized spacial score (nSPS) is 12.9. The van der Waals surface area contributed by atoms with Crippen LogP contribution in [0.1, 0.15) is 83.1 Å². The van der Waals surface area contributed by atoms with Crippen molar-refractivity contribution in [1.29, 1.82) is 0 Å². The van der Waals surface area contributed by atoms with Gasteiger partial charge < -0.3 is 0 Å². The first-order chi connectivity index (χ1) is 11.4. The molecule has 0 N–H and O–H groups in total. The van der Waals surface area contributed by atoms with Gasteiger partial charge in [0.05, 0.1) is 0 Å². The molecule has 0 unspecified atom stereocenters. The van der Waals surface area contributed by atoms with E-state index in [4.69, 9.17) is 0 Å². The van der Waals surface area contributed by atoms with Crippen LogP contribution in [0.2, 0.25) is 33.2 Å². The summed E-state index contributed by atoms with van der Waals surface area (Å²) in [6.45, 7) is 28.4. The number of rotatable bonds is 6. The highest BCUT2D eigenvalue weighted by Gasteiger charge is 2.42. The van der Waals surface area contributed by atoms with Crippen LogP contribution < -0.4 is 0 Å². The van der Waals surface area contributed by atoms with Crippen molar-refractivity contribution < 1.29 is 0 Å². The summed E-state index contributed by atoms with van der Waals surface area (Å²) in [5.74, 6) is 0. The van der Waals surface area contributed by atoms with Crippen molar-refractivity contribution in [3.8, 4) is 21.6 Å². The molecule has 3 heteroatoms. The van der Waals surface area contributed by atoms with E-state index >= 15 is 0 Å². The summed E-state index contributed by atoms with van der Waals surface area (Å²) in [6.07, 6.45) is 0. The van der Waals surface area contributed by atoms with E-state index in [9.17, 15) is 0 Å². The zero-order chi connectivity index (χ0) is 20.0. The Morgan fingerprint density at radius 2 is 0.640 bits per heavy atom. The van der Waals surface area contributed by atoms with Crippen LogP contribution in [0, 0.1) is 21.6 Å². The van der Waals surface area contributed by atoms with Crippen LogP contribution in [-0.4, -0.2) is 16.1 Å². The van der Waals surface area contributed by atoms with E-state index in [-0.39, 0.29) is 0 Å². The second kappa shape index (κ2) is 10.3. The molecule has 0 saturated heterocycles. The van der Waals surface area contributed by atoms with Gasteiger partial charge in [-0.25, -0.2) is 0 Å². The van der Waals surface area contributed by atoms with Crippen molar-refractivity contribution in [2.75, 3.05) is 0 Å². The fourth-order valence-electron chi connectivity index (χ4n) is 5.12. The standard InChI is InChI=1S/C22H42SSi2/c1-17(2)24(18(3)4,19(5)6)15-13-23-14-16-25(20(7)8,21(9)10)22(11)12/h17-22H,1-12H3. The summed E-state index contributed by atoms with van der Waals surface area (Å²) in [6, 6.07) is 0. The number of hydrogen-bond acceptors (Lipinski definition) is 1. The molecule has 0 spiro atoms. The van der Waals surface area contributed by atoms with E-state index in [1.807, 2.05) is 0 Å². The van der Waals surface area contributed by atoms with Gasteiger partial charge in [0.25, 0.3) is 0 Å². The third-order valence-electron chi connectivity index (χ3n) is 6.37. The molecule has 25 heavy (non-hydrogen) atoms. The van der Waals surface area contributed by atoms with Crippen molar-refractivity contribution in [2.24, 2.45) is 0 Å². The van der Waals surface area contributed by atoms with E-state index in [0.29, 0.717) is 33.2 Å². The third kappa shape index (κ3) is 5.44. The average Bonchev–Trinajstić information content (AvgIpc) is 2.44. The van der Waals surface area contributed by atoms with E-state index < -0.39 is 16.1 Å². The van der Waals surface area contributed by atoms with Crippen LogP contribution in [0.3, 0.4) is 0 Å². The maximum atomic E-state index is 3.77. The Hall–Kier alpha value is -0.0962. The molecule has 0 aromatic carbocycles. The van der Waals surface area contributed by atoms with Crippen molar-refractivity contribution >= 4 is 27.9 Å². The second-order valence-corrected chi connectivity index (χ2v) is 21.1. The lowest BCUT2D eigenvalue weighted by Crippen LogP contribution is -2.43. The molecule has 144 valence electrons.